The van der Waals surface area contributed by atoms with E-state index in [0.29, 0.717) is 22.4 Å². The molecule has 3 rings (SSSR count). The summed E-state index contributed by atoms with van der Waals surface area (Å²) in [4.78, 5) is 27.5. The second-order valence-corrected chi connectivity index (χ2v) is 6.08. The highest BCUT2D eigenvalue weighted by atomic mass is 16.6. The number of nitro groups is 1. The first-order valence-corrected chi connectivity index (χ1v) is 8.59. The molecule has 0 atom stereocenters. The van der Waals surface area contributed by atoms with Crippen molar-refractivity contribution in [2.24, 2.45) is 0 Å². The van der Waals surface area contributed by atoms with Gasteiger partial charge in [0.15, 0.2) is 11.5 Å². The van der Waals surface area contributed by atoms with Crippen LogP contribution in [0.25, 0.3) is 17.0 Å². The van der Waals surface area contributed by atoms with Gasteiger partial charge < -0.3 is 14.2 Å². The normalized spacial score (nSPS) is 11.2. The topological polar surface area (TPSA) is 101 Å². The third kappa shape index (κ3) is 4.16. The van der Waals surface area contributed by atoms with Crippen LogP contribution in [0.15, 0.2) is 54.2 Å². The summed E-state index contributed by atoms with van der Waals surface area (Å²) in [6.45, 7) is 1.56. The zero-order valence-electron chi connectivity index (χ0n) is 16.0. The molecule has 0 bridgehead atoms. The van der Waals surface area contributed by atoms with Gasteiger partial charge >= 0.3 is 11.7 Å². The van der Waals surface area contributed by atoms with E-state index in [-0.39, 0.29) is 22.5 Å². The van der Waals surface area contributed by atoms with E-state index in [4.69, 9.17) is 14.2 Å². The molecule has 0 fully saturated rings. The lowest BCUT2D eigenvalue weighted by Gasteiger charge is -2.09. The van der Waals surface area contributed by atoms with Gasteiger partial charge in [0.2, 0.25) is 5.75 Å². The molecule has 2 aromatic carbocycles. The van der Waals surface area contributed by atoms with Crippen molar-refractivity contribution < 1.29 is 23.9 Å². The molecule has 0 amide bonds. The summed E-state index contributed by atoms with van der Waals surface area (Å²) in [6, 6.07) is 11.4. The number of aromatic nitrogens is 1. The van der Waals surface area contributed by atoms with E-state index in [1.807, 2.05) is 0 Å². The van der Waals surface area contributed by atoms with Gasteiger partial charge in [-0.2, -0.15) is 0 Å². The van der Waals surface area contributed by atoms with Crippen molar-refractivity contribution in [1.82, 2.24) is 4.98 Å². The number of benzene rings is 2. The maximum atomic E-state index is 12.6. The molecule has 3 aromatic rings. The Morgan fingerprint density at radius 3 is 2.55 bits per heavy atom. The third-order valence-electron chi connectivity index (χ3n) is 4.21. The highest BCUT2D eigenvalue weighted by Gasteiger charge is 2.23. The minimum absolute atomic E-state index is 0.182. The Morgan fingerprint density at radius 1 is 1.10 bits per heavy atom. The summed E-state index contributed by atoms with van der Waals surface area (Å²) in [7, 11) is 3.04. The first-order valence-electron chi connectivity index (χ1n) is 8.59. The van der Waals surface area contributed by atoms with Crippen LogP contribution in [0.1, 0.15) is 12.5 Å². The number of carbonyl (C=O) groups is 1. The number of nitro benzene ring substituents is 1. The van der Waals surface area contributed by atoms with Crippen LogP contribution in [0.4, 0.5) is 5.69 Å². The van der Waals surface area contributed by atoms with Gasteiger partial charge in [0.1, 0.15) is 5.52 Å². The maximum absolute atomic E-state index is 12.6. The Bertz CT molecular complexity index is 1120. The Morgan fingerprint density at radius 2 is 1.86 bits per heavy atom. The average Bonchev–Trinajstić information content (AvgIpc) is 2.73. The lowest BCUT2D eigenvalue weighted by atomic mass is 10.1. The number of carbonyl (C=O) groups excluding carboxylic acids is 1. The van der Waals surface area contributed by atoms with Crippen LogP contribution in [-0.2, 0) is 4.79 Å². The molecule has 0 N–H and O–H groups in total. The van der Waals surface area contributed by atoms with E-state index in [0.717, 1.165) is 0 Å². The van der Waals surface area contributed by atoms with E-state index >= 15 is 0 Å². The molecule has 148 valence electrons. The fraction of sp³-hybridized carbons (Fsp3) is 0.143. The molecule has 0 aliphatic carbocycles. The SMILES string of the molecule is COc1ccc(/C=C(\C)C(=O)Oc2c([N+](=O)[O-])ccc3cccnc23)cc1OC. The highest BCUT2D eigenvalue weighted by molar-refractivity contribution is 5.98. The number of nitrogens with zero attached hydrogens (tertiary/aromatic N) is 2. The molecule has 0 saturated carbocycles. The molecule has 8 nitrogen and oxygen atoms in total. The number of methoxy groups -OCH3 is 2. The Hall–Kier alpha value is -3.94. The van der Waals surface area contributed by atoms with Crippen molar-refractivity contribution in [2.75, 3.05) is 14.2 Å². The highest BCUT2D eigenvalue weighted by Crippen LogP contribution is 2.34. The van der Waals surface area contributed by atoms with Gasteiger partial charge in [-0.3, -0.25) is 15.1 Å². The van der Waals surface area contributed by atoms with Crippen LogP contribution in [-0.4, -0.2) is 30.1 Å². The number of fused-ring (bicyclic) bond motifs is 1. The fourth-order valence-electron chi connectivity index (χ4n) is 2.78. The molecule has 0 aliphatic heterocycles. The summed E-state index contributed by atoms with van der Waals surface area (Å²) in [5.74, 6) is 0.165. The van der Waals surface area contributed by atoms with Gasteiger partial charge in [-0.05, 0) is 42.8 Å². The molecule has 0 aliphatic rings. The van der Waals surface area contributed by atoms with Crippen LogP contribution >= 0.6 is 0 Å². The molecule has 8 heteroatoms. The van der Waals surface area contributed by atoms with Gasteiger partial charge in [-0.15, -0.1) is 0 Å². The molecular formula is C21H18N2O6. The maximum Gasteiger partial charge on any atom is 0.339 e. The minimum atomic E-state index is -0.721. The average molecular weight is 394 g/mol. The summed E-state index contributed by atoms with van der Waals surface area (Å²) in [6.07, 6.45) is 3.07. The van der Waals surface area contributed by atoms with Crippen molar-refractivity contribution in [1.29, 1.82) is 0 Å². The van der Waals surface area contributed by atoms with Crippen LogP contribution in [0, 0.1) is 10.1 Å². The first-order chi connectivity index (χ1) is 13.9. The summed E-state index contributed by atoms with van der Waals surface area (Å²) < 4.78 is 15.8. The Balaban J connectivity index is 1.95. The molecule has 1 aromatic heterocycles. The zero-order chi connectivity index (χ0) is 21.0. The molecule has 0 radical (unpaired) electrons. The summed E-state index contributed by atoms with van der Waals surface area (Å²) in [5, 5.41) is 12.0. The Kier molecular flexibility index (Phi) is 5.73. The molecule has 29 heavy (non-hydrogen) atoms. The van der Waals surface area contributed by atoms with Crippen molar-refractivity contribution in [3.63, 3.8) is 0 Å². The van der Waals surface area contributed by atoms with Gasteiger partial charge in [0, 0.05) is 23.2 Å². The second-order valence-electron chi connectivity index (χ2n) is 6.08. The van der Waals surface area contributed by atoms with E-state index in [1.165, 1.54) is 26.5 Å². The lowest BCUT2D eigenvalue weighted by molar-refractivity contribution is -0.385. The quantitative estimate of drug-likeness (QED) is 0.203. The molecule has 1 heterocycles. The van der Waals surface area contributed by atoms with E-state index in [2.05, 4.69) is 4.98 Å². The molecule has 0 spiro atoms. The number of rotatable bonds is 6. The van der Waals surface area contributed by atoms with Gasteiger partial charge in [-0.25, -0.2) is 4.79 Å². The number of esters is 1. The zero-order valence-corrected chi connectivity index (χ0v) is 16.0. The van der Waals surface area contributed by atoms with Crippen LogP contribution < -0.4 is 14.2 Å². The van der Waals surface area contributed by atoms with Crippen LogP contribution in [0.2, 0.25) is 0 Å². The van der Waals surface area contributed by atoms with E-state index in [9.17, 15) is 14.9 Å². The second kappa shape index (κ2) is 8.39. The number of hydrogen-bond donors (Lipinski definition) is 0. The standard InChI is InChI=1S/C21H18N2O6/c1-13(11-14-6-9-17(27-2)18(12-14)28-3)21(24)29-20-16(23(25)26)8-7-15-5-4-10-22-19(15)20/h4-12H,1-3H3/b13-11+. The number of hydrogen-bond acceptors (Lipinski definition) is 7. The summed E-state index contributed by atoms with van der Waals surface area (Å²) in [5.41, 5.74) is 0.847. The third-order valence-corrected chi connectivity index (χ3v) is 4.21. The summed E-state index contributed by atoms with van der Waals surface area (Å²) >= 11 is 0. The van der Waals surface area contributed by atoms with Crippen LogP contribution in [0.5, 0.6) is 17.2 Å². The predicted molar refractivity (Wildman–Crippen MR) is 107 cm³/mol. The van der Waals surface area contributed by atoms with Crippen molar-refractivity contribution in [3.05, 3.63) is 69.9 Å². The Labute approximate surface area is 166 Å². The largest absolute Gasteiger partial charge is 0.493 e. The lowest BCUT2D eigenvalue weighted by Crippen LogP contribution is -2.11. The predicted octanol–water partition coefficient (Wildman–Crippen LogP) is 4.17. The number of ether oxygens (including phenoxy) is 3. The van der Waals surface area contributed by atoms with E-state index < -0.39 is 10.9 Å². The smallest absolute Gasteiger partial charge is 0.339 e. The monoisotopic (exact) mass is 394 g/mol. The molecule has 0 unspecified atom stereocenters. The van der Waals surface area contributed by atoms with Crippen molar-refractivity contribution in [3.8, 4) is 17.2 Å². The molecule has 0 saturated heterocycles. The van der Waals surface area contributed by atoms with Gasteiger partial charge in [-0.1, -0.05) is 12.1 Å². The van der Waals surface area contributed by atoms with Crippen molar-refractivity contribution >= 4 is 28.6 Å². The van der Waals surface area contributed by atoms with Crippen molar-refractivity contribution in [2.45, 2.75) is 6.92 Å². The van der Waals surface area contributed by atoms with Gasteiger partial charge in [0.05, 0.1) is 19.1 Å². The van der Waals surface area contributed by atoms with E-state index in [1.54, 1.807) is 49.4 Å². The van der Waals surface area contributed by atoms with Gasteiger partial charge in [0.25, 0.3) is 0 Å². The number of pyridine rings is 1. The minimum Gasteiger partial charge on any atom is -0.493 e. The molecular weight excluding hydrogens is 376 g/mol. The van der Waals surface area contributed by atoms with Crippen LogP contribution in [0.3, 0.4) is 0 Å². The fourth-order valence-corrected chi connectivity index (χ4v) is 2.78. The first kappa shape index (κ1) is 19.8.